The molecule has 0 fully saturated rings. The molecule has 4 rings (SSSR count). The van der Waals surface area contributed by atoms with Gasteiger partial charge >= 0.3 is 11.9 Å². The van der Waals surface area contributed by atoms with Crippen molar-refractivity contribution >= 4 is 49.4 Å². The Hall–Kier alpha value is -3.58. The minimum Gasteiger partial charge on any atom is -0.497 e. The van der Waals surface area contributed by atoms with Gasteiger partial charge in [0.1, 0.15) is 11.5 Å². The number of methoxy groups -OCH3 is 2. The molecular weight excluding hydrogens is 488 g/mol. The number of halogens is 1. The highest BCUT2D eigenvalue weighted by atomic mass is 79.9. The summed E-state index contributed by atoms with van der Waals surface area (Å²) in [5, 5.41) is 21.8. The maximum absolute atomic E-state index is 11.1. The SMILES string of the molecule is COc1ccc2cc(C)c(C(=O)O)cc2c1.COc1ccc2cc(C)c(C(=O)O)cc2c1Br. The van der Waals surface area contributed by atoms with Crippen LogP contribution in [0.2, 0.25) is 0 Å². The van der Waals surface area contributed by atoms with Crippen LogP contribution in [-0.4, -0.2) is 36.4 Å². The first-order chi connectivity index (χ1) is 15.7. The Bertz CT molecular complexity index is 1380. The first-order valence-electron chi connectivity index (χ1n) is 9.98. The molecule has 4 aromatic carbocycles. The smallest absolute Gasteiger partial charge is 0.335 e. The first kappa shape index (κ1) is 24.1. The van der Waals surface area contributed by atoms with Crippen molar-refractivity contribution in [1.29, 1.82) is 0 Å². The summed E-state index contributed by atoms with van der Waals surface area (Å²) in [6, 6.07) is 16.5. The van der Waals surface area contributed by atoms with Crippen molar-refractivity contribution in [3.05, 3.63) is 81.3 Å². The Morgan fingerprint density at radius 1 is 0.727 bits per heavy atom. The van der Waals surface area contributed by atoms with Crippen molar-refractivity contribution in [2.45, 2.75) is 13.8 Å². The molecule has 7 heteroatoms. The highest BCUT2D eigenvalue weighted by Gasteiger charge is 2.12. The van der Waals surface area contributed by atoms with Gasteiger partial charge in [-0.05, 0) is 87.4 Å². The van der Waals surface area contributed by atoms with Crippen LogP contribution in [0.3, 0.4) is 0 Å². The van der Waals surface area contributed by atoms with Crippen molar-refractivity contribution in [3.63, 3.8) is 0 Å². The van der Waals surface area contributed by atoms with Gasteiger partial charge in [0, 0.05) is 5.39 Å². The molecule has 4 aromatic rings. The largest absolute Gasteiger partial charge is 0.497 e. The predicted molar refractivity (Wildman–Crippen MR) is 132 cm³/mol. The van der Waals surface area contributed by atoms with Crippen LogP contribution >= 0.6 is 15.9 Å². The van der Waals surface area contributed by atoms with Gasteiger partial charge in [-0.1, -0.05) is 24.3 Å². The van der Waals surface area contributed by atoms with E-state index < -0.39 is 11.9 Å². The van der Waals surface area contributed by atoms with Crippen molar-refractivity contribution in [2.75, 3.05) is 14.2 Å². The van der Waals surface area contributed by atoms with Gasteiger partial charge in [0.2, 0.25) is 0 Å². The fourth-order valence-corrected chi connectivity index (χ4v) is 4.20. The van der Waals surface area contributed by atoms with Gasteiger partial charge < -0.3 is 19.7 Å². The summed E-state index contributed by atoms with van der Waals surface area (Å²) in [7, 11) is 3.17. The normalized spacial score (nSPS) is 10.5. The Morgan fingerprint density at radius 3 is 1.88 bits per heavy atom. The lowest BCUT2D eigenvalue weighted by atomic mass is 10.0. The Labute approximate surface area is 199 Å². The summed E-state index contributed by atoms with van der Waals surface area (Å²) in [5.74, 6) is -0.397. The summed E-state index contributed by atoms with van der Waals surface area (Å²) >= 11 is 3.43. The van der Waals surface area contributed by atoms with Gasteiger partial charge in [-0.3, -0.25) is 0 Å². The molecule has 0 heterocycles. The van der Waals surface area contributed by atoms with Crippen LogP contribution in [0.1, 0.15) is 31.8 Å². The topological polar surface area (TPSA) is 93.1 Å². The molecule has 170 valence electrons. The summed E-state index contributed by atoms with van der Waals surface area (Å²) in [6.45, 7) is 3.59. The number of ether oxygens (including phenoxy) is 2. The number of benzene rings is 4. The Kier molecular flexibility index (Phi) is 7.23. The fraction of sp³-hybridized carbons (Fsp3) is 0.154. The van der Waals surface area contributed by atoms with Crippen molar-refractivity contribution in [3.8, 4) is 11.5 Å². The first-order valence-corrected chi connectivity index (χ1v) is 10.8. The molecule has 0 saturated carbocycles. The van der Waals surface area contributed by atoms with Gasteiger partial charge in [0.05, 0.1) is 29.8 Å². The second kappa shape index (κ2) is 9.92. The van der Waals surface area contributed by atoms with E-state index in [0.29, 0.717) is 16.9 Å². The van der Waals surface area contributed by atoms with Crippen molar-refractivity contribution in [2.24, 2.45) is 0 Å². The number of aromatic carboxylic acids is 2. The van der Waals surface area contributed by atoms with Gasteiger partial charge in [0.15, 0.2) is 0 Å². The number of rotatable bonds is 4. The summed E-state index contributed by atoms with van der Waals surface area (Å²) in [5.41, 5.74) is 2.17. The molecule has 0 aliphatic heterocycles. The van der Waals surface area contributed by atoms with E-state index in [1.165, 1.54) is 0 Å². The highest BCUT2D eigenvalue weighted by Crippen LogP contribution is 2.34. The molecule has 0 atom stereocenters. The van der Waals surface area contributed by atoms with E-state index in [-0.39, 0.29) is 0 Å². The molecule has 0 bridgehead atoms. The zero-order valence-corrected chi connectivity index (χ0v) is 20.2. The monoisotopic (exact) mass is 510 g/mol. The molecule has 0 aromatic heterocycles. The average Bonchev–Trinajstić information content (AvgIpc) is 2.78. The fourth-order valence-electron chi connectivity index (χ4n) is 3.56. The molecule has 33 heavy (non-hydrogen) atoms. The van der Waals surface area contributed by atoms with Crippen LogP contribution < -0.4 is 9.47 Å². The average molecular weight is 511 g/mol. The Morgan fingerprint density at radius 2 is 1.30 bits per heavy atom. The quantitative estimate of drug-likeness (QED) is 0.326. The molecule has 0 amide bonds. The van der Waals surface area contributed by atoms with E-state index in [9.17, 15) is 9.59 Å². The molecular formula is C26H23BrO6. The summed E-state index contributed by atoms with van der Waals surface area (Å²) in [6.07, 6.45) is 0. The van der Waals surface area contributed by atoms with Gasteiger partial charge in [-0.2, -0.15) is 0 Å². The maximum Gasteiger partial charge on any atom is 0.335 e. The third-order valence-corrected chi connectivity index (χ3v) is 6.15. The molecule has 0 radical (unpaired) electrons. The Balaban J connectivity index is 0.000000186. The predicted octanol–water partition coefficient (Wildman–Crippen LogP) is 6.47. The minimum absolute atomic E-state index is 0.312. The van der Waals surface area contributed by atoms with E-state index in [1.54, 1.807) is 40.2 Å². The van der Waals surface area contributed by atoms with Crippen LogP contribution in [0.5, 0.6) is 11.5 Å². The molecule has 0 saturated heterocycles. The third-order valence-electron chi connectivity index (χ3n) is 5.33. The van der Waals surface area contributed by atoms with E-state index >= 15 is 0 Å². The highest BCUT2D eigenvalue weighted by molar-refractivity contribution is 9.10. The molecule has 6 nitrogen and oxygen atoms in total. The number of fused-ring (bicyclic) bond motifs is 2. The third kappa shape index (κ3) is 5.09. The molecule has 0 aliphatic carbocycles. The van der Waals surface area contributed by atoms with E-state index in [2.05, 4.69) is 15.9 Å². The number of aryl methyl sites for hydroxylation is 2. The maximum atomic E-state index is 11.1. The van der Waals surface area contributed by atoms with Crippen LogP contribution in [-0.2, 0) is 0 Å². The zero-order valence-electron chi connectivity index (χ0n) is 18.6. The van der Waals surface area contributed by atoms with Crippen molar-refractivity contribution in [1.82, 2.24) is 0 Å². The number of hydrogen-bond donors (Lipinski definition) is 2. The van der Waals surface area contributed by atoms with Crippen LogP contribution in [0.25, 0.3) is 21.5 Å². The lowest BCUT2D eigenvalue weighted by Gasteiger charge is -2.09. The zero-order chi connectivity index (χ0) is 24.3. The number of carbonyl (C=O) groups is 2. The standard InChI is InChI=1S/C13H11BrO3.C13H12O3/c1-7-5-8-3-4-11(17-2)12(14)10(8)6-9(7)13(15)16;1-8-5-9-3-4-11(16-2)6-10(9)7-12(8)13(14)15/h3-6H,1-2H3,(H,15,16);3-7H,1-2H3,(H,14,15). The van der Waals surface area contributed by atoms with Crippen LogP contribution in [0.15, 0.2) is 59.1 Å². The number of carboxylic acid groups (broad SMARTS) is 2. The van der Waals surface area contributed by atoms with Gasteiger partial charge in [-0.25, -0.2) is 9.59 Å². The molecule has 0 spiro atoms. The summed E-state index contributed by atoms with van der Waals surface area (Å²) in [4.78, 5) is 22.1. The second-order valence-electron chi connectivity index (χ2n) is 7.46. The number of carboxylic acids is 2. The van der Waals surface area contributed by atoms with E-state index in [1.807, 2.05) is 42.5 Å². The lowest BCUT2D eigenvalue weighted by molar-refractivity contribution is 0.0685. The van der Waals surface area contributed by atoms with Crippen molar-refractivity contribution < 1.29 is 29.3 Å². The van der Waals surface area contributed by atoms with E-state index in [0.717, 1.165) is 42.9 Å². The molecule has 2 N–H and O–H groups in total. The van der Waals surface area contributed by atoms with Crippen LogP contribution in [0.4, 0.5) is 0 Å². The van der Waals surface area contributed by atoms with E-state index in [4.69, 9.17) is 19.7 Å². The van der Waals surface area contributed by atoms with Crippen LogP contribution in [0, 0.1) is 13.8 Å². The van der Waals surface area contributed by atoms with Gasteiger partial charge in [0.25, 0.3) is 0 Å². The minimum atomic E-state index is -0.917. The number of hydrogen-bond acceptors (Lipinski definition) is 4. The summed E-state index contributed by atoms with van der Waals surface area (Å²) < 4.78 is 11.1. The second-order valence-corrected chi connectivity index (χ2v) is 8.25. The van der Waals surface area contributed by atoms with Gasteiger partial charge in [-0.15, -0.1) is 0 Å². The molecule has 0 unspecified atom stereocenters. The molecule has 0 aliphatic rings. The lowest BCUT2D eigenvalue weighted by Crippen LogP contribution is -1.99.